The van der Waals surface area contributed by atoms with Crippen LogP contribution in [0.2, 0.25) is 0 Å². The van der Waals surface area contributed by atoms with Crippen LogP contribution in [-0.4, -0.2) is 23.8 Å². The van der Waals surface area contributed by atoms with Crippen LogP contribution >= 0.6 is 0 Å². The summed E-state index contributed by atoms with van der Waals surface area (Å²) < 4.78 is 12.1. The number of phenols is 1. The van der Waals surface area contributed by atoms with Crippen LogP contribution in [0.15, 0.2) is 90.6 Å². The van der Waals surface area contributed by atoms with Crippen molar-refractivity contribution >= 4 is 22.9 Å². The summed E-state index contributed by atoms with van der Waals surface area (Å²) in [4.78, 5) is 12.7. The van der Waals surface area contributed by atoms with E-state index in [2.05, 4.69) is 29.2 Å². The number of benzene rings is 4. The van der Waals surface area contributed by atoms with Crippen molar-refractivity contribution in [1.82, 2.24) is 5.43 Å². The predicted molar refractivity (Wildman–Crippen MR) is 148 cm³/mol. The van der Waals surface area contributed by atoms with Crippen LogP contribution < -0.4 is 14.9 Å². The molecule has 0 aromatic heterocycles. The van der Waals surface area contributed by atoms with E-state index in [-0.39, 0.29) is 11.3 Å². The van der Waals surface area contributed by atoms with E-state index >= 15 is 0 Å². The third kappa shape index (κ3) is 6.35. The Balaban J connectivity index is 1.54. The van der Waals surface area contributed by atoms with Gasteiger partial charge in [0.05, 0.1) is 18.4 Å². The molecule has 4 rings (SSSR count). The fourth-order valence-electron chi connectivity index (χ4n) is 3.97. The number of hydrogen-bond acceptors (Lipinski definition) is 5. The summed E-state index contributed by atoms with van der Waals surface area (Å²) in [5.74, 6) is 0.640. The van der Waals surface area contributed by atoms with Crippen molar-refractivity contribution in [3.8, 4) is 17.2 Å². The van der Waals surface area contributed by atoms with E-state index in [0.717, 1.165) is 27.5 Å². The highest BCUT2D eigenvalue weighted by Crippen LogP contribution is 2.34. The number of hydrazone groups is 1. The van der Waals surface area contributed by atoms with Gasteiger partial charge < -0.3 is 14.6 Å². The minimum atomic E-state index is -0.506. The van der Waals surface area contributed by atoms with E-state index in [0.29, 0.717) is 31.1 Å². The van der Waals surface area contributed by atoms with Gasteiger partial charge in [-0.05, 0) is 66.4 Å². The van der Waals surface area contributed by atoms with Gasteiger partial charge in [-0.15, -0.1) is 6.58 Å². The summed E-state index contributed by atoms with van der Waals surface area (Å²) in [6, 6.07) is 22.7. The molecule has 6 nitrogen and oxygen atoms in total. The minimum Gasteiger partial charge on any atom is -0.507 e. The van der Waals surface area contributed by atoms with E-state index in [1.807, 2.05) is 62.4 Å². The van der Waals surface area contributed by atoms with Crippen LogP contribution in [0.3, 0.4) is 0 Å². The molecule has 0 saturated heterocycles. The number of amides is 1. The SMILES string of the molecule is C=CCc1cc(C=NNC(=O)c2cc3ccccc3cc2O)cc(OCC)c1OCc1ccc(C)cc1. The van der Waals surface area contributed by atoms with Crippen molar-refractivity contribution in [2.24, 2.45) is 5.10 Å². The Bertz CT molecular complexity index is 1440. The summed E-state index contributed by atoms with van der Waals surface area (Å²) in [6.07, 6.45) is 3.91. The second-order valence-electron chi connectivity index (χ2n) is 8.62. The maximum atomic E-state index is 12.7. The fourth-order valence-corrected chi connectivity index (χ4v) is 3.97. The normalized spacial score (nSPS) is 11.0. The van der Waals surface area contributed by atoms with Crippen LogP contribution in [0.4, 0.5) is 0 Å². The number of phenolic OH excluding ortho intramolecular Hbond substituents is 1. The van der Waals surface area contributed by atoms with Gasteiger partial charge >= 0.3 is 0 Å². The Kier molecular flexibility index (Phi) is 8.21. The second kappa shape index (κ2) is 11.9. The lowest BCUT2D eigenvalue weighted by Gasteiger charge is -2.17. The van der Waals surface area contributed by atoms with Crippen molar-refractivity contribution in [1.29, 1.82) is 0 Å². The average Bonchev–Trinajstić information content (AvgIpc) is 2.89. The molecule has 0 aliphatic rings. The highest BCUT2D eigenvalue weighted by Gasteiger charge is 2.14. The fraction of sp³-hybridized carbons (Fsp3) is 0.161. The number of aryl methyl sites for hydroxylation is 1. The number of nitrogens with one attached hydrogen (secondary N) is 1. The number of allylic oxidation sites excluding steroid dienone is 1. The lowest BCUT2D eigenvalue weighted by atomic mass is 10.1. The molecular formula is C31H30N2O4. The first-order chi connectivity index (χ1) is 18.0. The van der Waals surface area contributed by atoms with Gasteiger partial charge in [0.2, 0.25) is 0 Å². The number of rotatable bonds is 10. The van der Waals surface area contributed by atoms with Crippen LogP contribution in [0, 0.1) is 6.92 Å². The van der Waals surface area contributed by atoms with E-state index in [1.54, 1.807) is 18.2 Å². The number of carbonyl (C=O) groups is 1. The highest BCUT2D eigenvalue weighted by molar-refractivity contribution is 6.01. The van der Waals surface area contributed by atoms with E-state index in [1.165, 1.54) is 11.8 Å². The number of ether oxygens (including phenoxy) is 2. The van der Waals surface area contributed by atoms with E-state index in [4.69, 9.17) is 9.47 Å². The molecule has 37 heavy (non-hydrogen) atoms. The summed E-state index contributed by atoms with van der Waals surface area (Å²) >= 11 is 0. The zero-order chi connectivity index (χ0) is 26.2. The van der Waals surface area contributed by atoms with Crippen molar-refractivity contribution < 1.29 is 19.4 Å². The van der Waals surface area contributed by atoms with Gasteiger partial charge in [-0.25, -0.2) is 5.43 Å². The monoisotopic (exact) mass is 494 g/mol. The second-order valence-corrected chi connectivity index (χ2v) is 8.62. The number of hydrogen-bond donors (Lipinski definition) is 2. The van der Waals surface area contributed by atoms with Gasteiger partial charge in [-0.2, -0.15) is 5.10 Å². The molecule has 2 N–H and O–H groups in total. The predicted octanol–water partition coefficient (Wildman–Crippen LogP) is 6.32. The first-order valence-corrected chi connectivity index (χ1v) is 12.1. The topological polar surface area (TPSA) is 80.2 Å². The van der Waals surface area contributed by atoms with Crippen molar-refractivity contribution in [3.05, 3.63) is 113 Å². The first-order valence-electron chi connectivity index (χ1n) is 12.1. The van der Waals surface area contributed by atoms with Crippen LogP contribution in [0.25, 0.3) is 10.8 Å². The van der Waals surface area contributed by atoms with Crippen molar-refractivity contribution in [2.75, 3.05) is 6.61 Å². The van der Waals surface area contributed by atoms with Gasteiger partial charge in [-0.1, -0.05) is 60.2 Å². The molecule has 1 amide bonds. The quantitative estimate of drug-likeness (QED) is 0.154. The zero-order valence-corrected chi connectivity index (χ0v) is 21.0. The summed E-state index contributed by atoms with van der Waals surface area (Å²) in [7, 11) is 0. The van der Waals surface area contributed by atoms with E-state index < -0.39 is 5.91 Å². The third-order valence-corrected chi connectivity index (χ3v) is 5.81. The molecule has 0 fully saturated rings. The standard InChI is InChI=1S/C31H30N2O4/c1-4-8-26-15-23(16-29(36-5-2)30(26)37-20-22-13-11-21(3)12-14-22)19-32-33-31(35)27-17-24-9-6-7-10-25(24)18-28(27)34/h4,6-7,9-19,34H,1,5,8,20H2,2-3H3,(H,33,35). The Morgan fingerprint density at radius 1 is 1.03 bits per heavy atom. The van der Waals surface area contributed by atoms with E-state index in [9.17, 15) is 9.90 Å². The first kappa shape index (κ1) is 25.5. The Morgan fingerprint density at radius 2 is 1.76 bits per heavy atom. The largest absolute Gasteiger partial charge is 0.507 e. The third-order valence-electron chi connectivity index (χ3n) is 5.81. The van der Waals surface area contributed by atoms with Gasteiger partial charge in [0.1, 0.15) is 12.4 Å². The number of aromatic hydroxyl groups is 1. The number of fused-ring (bicyclic) bond motifs is 1. The Hall–Kier alpha value is -4.58. The van der Waals surface area contributed by atoms with Crippen LogP contribution in [0.5, 0.6) is 17.2 Å². The molecule has 0 unspecified atom stereocenters. The van der Waals surface area contributed by atoms with Crippen LogP contribution in [0.1, 0.15) is 39.5 Å². The van der Waals surface area contributed by atoms with Gasteiger partial charge in [0.15, 0.2) is 11.5 Å². The molecule has 0 spiro atoms. The molecule has 4 aromatic rings. The maximum absolute atomic E-state index is 12.7. The summed E-state index contributed by atoms with van der Waals surface area (Å²) in [6.45, 7) is 8.70. The molecule has 6 heteroatoms. The average molecular weight is 495 g/mol. The van der Waals surface area contributed by atoms with Crippen molar-refractivity contribution in [3.63, 3.8) is 0 Å². The smallest absolute Gasteiger partial charge is 0.275 e. The summed E-state index contributed by atoms with van der Waals surface area (Å²) in [5, 5.41) is 16.1. The molecule has 0 atom stereocenters. The zero-order valence-electron chi connectivity index (χ0n) is 21.0. The molecule has 4 aromatic carbocycles. The Labute approximate surface area is 216 Å². The van der Waals surface area contributed by atoms with Gasteiger partial charge in [0, 0.05) is 5.56 Å². The molecule has 0 aliphatic carbocycles. The lowest BCUT2D eigenvalue weighted by molar-refractivity contribution is 0.0952. The van der Waals surface area contributed by atoms with Gasteiger partial charge in [0.25, 0.3) is 5.91 Å². The van der Waals surface area contributed by atoms with Crippen molar-refractivity contribution in [2.45, 2.75) is 26.9 Å². The summed E-state index contributed by atoms with van der Waals surface area (Å²) in [5.41, 5.74) is 6.53. The molecule has 0 bridgehead atoms. The molecule has 0 heterocycles. The molecule has 0 radical (unpaired) electrons. The minimum absolute atomic E-state index is 0.103. The molecule has 188 valence electrons. The number of carbonyl (C=O) groups excluding carboxylic acids is 1. The molecule has 0 aliphatic heterocycles. The maximum Gasteiger partial charge on any atom is 0.275 e. The molecular weight excluding hydrogens is 464 g/mol. The molecule has 0 saturated carbocycles. The highest BCUT2D eigenvalue weighted by atomic mass is 16.5. The Morgan fingerprint density at radius 3 is 2.46 bits per heavy atom. The van der Waals surface area contributed by atoms with Crippen LogP contribution in [-0.2, 0) is 13.0 Å². The lowest BCUT2D eigenvalue weighted by Crippen LogP contribution is -2.17. The number of nitrogens with zero attached hydrogens (tertiary/aromatic N) is 1. The van der Waals surface area contributed by atoms with Gasteiger partial charge in [-0.3, -0.25) is 4.79 Å².